The number of rotatable bonds is 6. The fourth-order valence-electron chi connectivity index (χ4n) is 3.11. The predicted molar refractivity (Wildman–Crippen MR) is 90.1 cm³/mol. The maximum Gasteiger partial charge on any atom is 0.0175 e. The van der Waals surface area contributed by atoms with E-state index >= 15 is 0 Å². The summed E-state index contributed by atoms with van der Waals surface area (Å²) in [7, 11) is 0. The quantitative estimate of drug-likeness (QED) is 0.850. The largest absolute Gasteiger partial charge is 0.317 e. The van der Waals surface area contributed by atoms with E-state index in [1.54, 1.807) is 0 Å². The highest BCUT2D eigenvalue weighted by atomic mass is 79.9. The summed E-state index contributed by atoms with van der Waals surface area (Å²) >= 11 is 3.50. The van der Waals surface area contributed by atoms with Gasteiger partial charge in [-0.2, -0.15) is 0 Å². The van der Waals surface area contributed by atoms with E-state index in [9.17, 15) is 0 Å². The molecule has 2 nitrogen and oxygen atoms in total. The Morgan fingerprint density at radius 1 is 1.25 bits per heavy atom. The molecule has 1 aliphatic heterocycles. The molecule has 0 bridgehead atoms. The van der Waals surface area contributed by atoms with Gasteiger partial charge in [0, 0.05) is 17.1 Å². The van der Waals surface area contributed by atoms with E-state index in [-0.39, 0.29) is 0 Å². The summed E-state index contributed by atoms with van der Waals surface area (Å²) in [5.41, 5.74) is 1.43. The first-order valence-electron chi connectivity index (χ1n) is 7.88. The van der Waals surface area contributed by atoms with Crippen LogP contribution < -0.4 is 5.32 Å². The molecule has 20 heavy (non-hydrogen) atoms. The molecule has 2 rings (SSSR count). The summed E-state index contributed by atoms with van der Waals surface area (Å²) in [5, 5.41) is 3.46. The molecule has 1 heterocycles. The third-order valence-electron chi connectivity index (χ3n) is 4.43. The van der Waals surface area contributed by atoms with Crippen molar-refractivity contribution in [2.24, 2.45) is 5.92 Å². The predicted octanol–water partition coefficient (Wildman–Crippen LogP) is 3.70. The number of halogens is 1. The van der Waals surface area contributed by atoms with Gasteiger partial charge in [0.25, 0.3) is 0 Å². The van der Waals surface area contributed by atoms with Crippen molar-refractivity contribution < 1.29 is 0 Å². The van der Waals surface area contributed by atoms with E-state index in [2.05, 4.69) is 64.3 Å². The maximum absolute atomic E-state index is 3.50. The van der Waals surface area contributed by atoms with Gasteiger partial charge in [-0.1, -0.05) is 35.0 Å². The lowest BCUT2D eigenvalue weighted by molar-refractivity contribution is 0.167. The Bertz CT molecular complexity index is 384. The molecule has 1 atom stereocenters. The smallest absolute Gasteiger partial charge is 0.0175 e. The van der Waals surface area contributed by atoms with Crippen LogP contribution in [0.4, 0.5) is 0 Å². The zero-order valence-electron chi connectivity index (χ0n) is 12.7. The minimum absolute atomic E-state index is 0.621. The Morgan fingerprint density at radius 2 is 1.90 bits per heavy atom. The van der Waals surface area contributed by atoms with Crippen molar-refractivity contribution in [3.63, 3.8) is 0 Å². The number of likely N-dealkylation sites (N-methyl/N-ethyl adjacent to an activating group) is 1. The molecule has 0 saturated carbocycles. The van der Waals surface area contributed by atoms with E-state index in [0.717, 1.165) is 23.4 Å². The number of benzene rings is 1. The highest BCUT2D eigenvalue weighted by Gasteiger charge is 2.19. The Balaban J connectivity index is 1.87. The molecule has 0 aliphatic carbocycles. The van der Waals surface area contributed by atoms with Crippen molar-refractivity contribution in [3.8, 4) is 0 Å². The number of nitrogens with zero attached hydrogens (tertiary/aromatic N) is 1. The average molecular weight is 339 g/mol. The molecule has 0 aromatic heterocycles. The molecule has 0 amide bonds. The SMILES string of the molecule is CCN(CC1CCNCC1)C(C)Cc1ccc(Br)cc1. The zero-order valence-corrected chi connectivity index (χ0v) is 14.3. The highest BCUT2D eigenvalue weighted by Crippen LogP contribution is 2.18. The molecule has 1 unspecified atom stereocenters. The Morgan fingerprint density at radius 3 is 2.50 bits per heavy atom. The molecule has 1 fully saturated rings. The van der Waals surface area contributed by atoms with Crippen molar-refractivity contribution in [1.29, 1.82) is 0 Å². The molecule has 0 spiro atoms. The zero-order chi connectivity index (χ0) is 14.4. The van der Waals surface area contributed by atoms with Gasteiger partial charge in [0.15, 0.2) is 0 Å². The number of hydrogen-bond acceptors (Lipinski definition) is 2. The van der Waals surface area contributed by atoms with E-state index < -0.39 is 0 Å². The normalized spacial score (nSPS) is 18.4. The van der Waals surface area contributed by atoms with Gasteiger partial charge in [-0.15, -0.1) is 0 Å². The van der Waals surface area contributed by atoms with Crippen LogP contribution in [0, 0.1) is 5.92 Å². The van der Waals surface area contributed by atoms with E-state index in [1.165, 1.54) is 38.0 Å². The summed E-state index contributed by atoms with van der Waals surface area (Å²) in [4.78, 5) is 2.65. The molecular weight excluding hydrogens is 312 g/mol. The molecule has 0 radical (unpaired) electrons. The van der Waals surface area contributed by atoms with Gasteiger partial charge in [0.2, 0.25) is 0 Å². The Labute approximate surface area is 132 Å². The van der Waals surface area contributed by atoms with E-state index in [4.69, 9.17) is 0 Å². The Hall–Kier alpha value is -0.380. The number of hydrogen-bond donors (Lipinski definition) is 1. The first-order chi connectivity index (χ1) is 9.69. The third-order valence-corrected chi connectivity index (χ3v) is 4.95. The molecule has 1 aromatic rings. The summed E-state index contributed by atoms with van der Waals surface area (Å²) in [6, 6.07) is 9.38. The number of nitrogens with one attached hydrogen (secondary N) is 1. The van der Waals surface area contributed by atoms with Gasteiger partial charge >= 0.3 is 0 Å². The first kappa shape index (κ1) is 16.0. The second-order valence-corrected chi connectivity index (χ2v) is 6.88. The lowest BCUT2D eigenvalue weighted by Gasteiger charge is -2.33. The monoisotopic (exact) mass is 338 g/mol. The minimum atomic E-state index is 0.621. The van der Waals surface area contributed by atoms with Gasteiger partial charge in [0.05, 0.1) is 0 Å². The second-order valence-electron chi connectivity index (χ2n) is 5.96. The molecular formula is C17H27BrN2. The minimum Gasteiger partial charge on any atom is -0.317 e. The van der Waals surface area contributed by atoms with Gasteiger partial charge in [-0.25, -0.2) is 0 Å². The maximum atomic E-state index is 3.50. The fourth-order valence-corrected chi connectivity index (χ4v) is 3.37. The van der Waals surface area contributed by atoms with Crippen molar-refractivity contribution in [3.05, 3.63) is 34.3 Å². The van der Waals surface area contributed by atoms with Crippen LogP contribution in [0.1, 0.15) is 32.3 Å². The molecule has 1 aromatic carbocycles. The van der Waals surface area contributed by atoms with Crippen LogP contribution in [0.2, 0.25) is 0 Å². The molecule has 1 saturated heterocycles. The van der Waals surface area contributed by atoms with Crippen LogP contribution >= 0.6 is 15.9 Å². The van der Waals surface area contributed by atoms with Crippen LogP contribution in [0.25, 0.3) is 0 Å². The van der Waals surface area contributed by atoms with Crippen molar-refractivity contribution >= 4 is 15.9 Å². The van der Waals surface area contributed by atoms with Crippen LogP contribution in [-0.2, 0) is 6.42 Å². The lowest BCUT2D eigenvalue weighted by Crippen LogP contribution is -2.41. The van der Waals surface area contributed by atoms with Crippen LogP contribution in [0.5, 0.6) is 0 Å². The Kier molecular flexibility index (Phi) is 6.53. The van der Waals surface area contributed by atoms with Gasteiger partial charge in [-0.05, 0) is 69.4 Å². The average Bonchev–Trinajstić information content (AvgIpc) is 2.48. The van der Waals surface area contributed by atoms with E-state index in [1.807, 2.05) is 0 Å². The lowest BCUT2D eigenvalue weighted by atomic mass is 9.96. The third kappa shape index (κ3) is 4.87. The van der Waals surface area contributed by atoms with Gasteiger partial charge < -0.3 is 10.2 Å². The van der Waals surface area contributed by atoms with Gasteiger partial charge in [0.1, 0.15) is 0 Å². The molecule has 3 heteroatoms. The summed E-state index contributed by atoms with van der Waals surface area (Å²) in [5.74, 6) is 0.878. The first-order valence-corrected chi connectivity index (χ1v) is 8.67. The highest BCUT2D eigenvalue weighted by molar-refractivity contribution is 9.10. The summed E-state index contributed by atoms with van der Waals surface area (Å²) in [6.07, 6.45) is 3.81. The molecule has 1 aliphatic rings. The summed E-state index contributed by atoms with van der Waals surface area (Å²) in [6.45, 7) is 9.47. The van der Waals surface area contributed by atoms with Gasteiger partial charge in [-0.3, -0.25) is 0 Å². The number of piperidine rings is 1. The van der Waals surface area contributed by atoms with Crippen molar-refractivity contribution in [2.75, 3.05) is 26.2 Å². The second kappa shape index (κ2) is 8.16. The van der Waals surface area contributed by atoms with E-state index in [0.29, 0.717) is 6.04 Å². The molecule has 1 N–H and O–H groups in total. The van der Waals surface area contributed by atoms with Crippen LogP contribution in [0.15, 0.2) is 28.7 Å². The fraction of sp³-hybridized carbons (Fsp3) is 0.647. The van der Waals surface area contributed by atoms with Crippen LogP contribution in [0.3, 0.4) is 0 Å². The van der Waals surface area contributed by atoms with Crippen molar-refractivity contribution in [2.45, 2.75) is 39.2 Å². The standard InChI is InChI=1S/C17H27BrN2/c1-3-20(13-16-8-10-19-11-9-16)14(2)12-15-4-6-17(18)7-5-15/h4-7,14,16,19H,3,8-13H2,1-2H3. The molecule has 112 valence electrons. The summed E-state index contributed by atoms with van der Waals surface area (Å²) < 4.78 is 1.16. The van der Waals surface area contributed by atoms with Crippen LogP contribution in [-0.4, -0.2) is 37.1 Å². The van der Waals surface area contributed by atoms with Crippen molar-refractivity contribution in [1.82, 2.24) is 10.2 Å². The topological polar surface area (TPSA) is 15.3 Å².